The summed E-state index contributed by atoms with van der Waals surface area (Å²) in [6.07, 6.45) is 5.87. The van der Waals surface area contributed by atoms with Crippen molar-refractivity contribution in [1.29, 1.82) is 0 Å². The van der Waals surface area contributed by atoms with E-state index in [9.17, 15) is 9.59 Å². The Morgan fingerprint density at radius 2 is 1.76 bits per heavy atom. The summed E-state index contributed by atoms with van der Waals surface area (Å²) in [5.74, 6) is -0.0416. The van der Waals surface area contributed by atoms with Gasteiger partial charge in [-0.25, -0.2) is 0 Å². The van der Waals surface area contributed by atoms with Crippen molar-refractivity contribution in [3.05, 3.63) is 65.7 Å². The van der Waals surface area contributed by atoms with Crippen LogP contribution in [0.25, 0.3) is 0 Å². The number of anilines is 1. The highest BCUT2D eigenvalue weighted by molar-refractivity contribution is 5.95. The first kappa shape index (κ1) is 20.9. The summed E-state index contributed by atoms with van der Waals surface area (Å²) in [5, 5.41) is 6.20. The summed E-state index contributed by atoms with van der Waals surface area (Å²) in [6, 6.07) is 17.4. The molecule has 0 saturated heterocycles. The van der Waals surface area contributed by atoms with Crippen molar-refractivity contribution in [2.45, 2.75) is 51.1 Å². The van der Waals surface area contributed by atoms with E-state index in [0.29, 0.717) is 11.6 Å². The number of likely N-dealkylation sites (N-methyl/N-ethyl adjacent to an activating group) is 1. The van der Waals surface area contributed by atoms with Gasteiger partial charge in [0, 0.05) is 24.3 Å². The van der Waals surface area contributed by atoms with Gasteiger partial charge in [0.05, 0.1) is 12.6 Å². The Balaban J connectivity index is 1.54. The highest BCUT2D eigenvalue weighted by Crippen LogP contribution is 2.22. The van der Waals surface area contributed by atoms with Crippen LogP contribution >= 0.6 is 0 Å². The molecule has 1 aliphatic carbocycles. The van der Waals surface area contributed by atoms with E-state index in [2.05, 4.69) is 10.6 Å². The standard InChI is InChI=1S/C24H31N3O2/c1-18(19-10-5-3-6-11-19)26-24(29)20-12-9-13-21(16-20)25-17-23(28)27(2)22-14-7-4-8-15-22/h3,5-6,9-13,16,18,22,25H,4,7-8,14-15,17H2,1-2H3,(H,26,29). The molecular formula is C24H31N3O2. The molecule has 2 aromatic rings. The molecule has 0 spiro atoms. The van der Waals surface area contributed by atoms with Crippen LogP contribution in [0.4, 0.5) is 5.69 Å². The molecule has 1 unspecified atom stereocenters. The maximum Gasteiger partial charge on any atom is 0.251 e. The largest absolute Gasteiger partial charge is 0.376 e. The van der Waals surface area contributed by atoms with E-state index < -0.39 is 0 Å². The Hall–Kier alpha value is -2.82. The van der Waals surface area contributed by atoms with Crippen molar-refractivity contribution in [3.63, 3.8) is 0 Å². The maximum absolute atomic E-state index is 12.6. The summed E-state index contributed by atoms with van der Waals surface area (Å²) in [5.41, 5.74) is 2.41. The minimum atomic E-state index is -0.129. The Morgan fingerprint density at radius 3 is 2.48 bits per heavy atom. The number of hydrogen-bond donors (Lipinski definition) is 2. The van der Waals surface area contributed by atoms with E-state index in [1.54, 1.807) is 12.1 Å². The lowest BCUT2D eigenvalue weighted by Crippen LogP contribution is -2.41. The van der Waals surface area contributed by atoms with Gasteiger partial charge in [0.1, 0.15) is 0 Å². The minimum Gasteiger partial charge on any atom is -0.376 e. The normalized spacial score (nSPS) is 15.4. The molecule has 2 aromatic carbocycles. The SMILES string of the molecule is CC(NC(=O)c1cccc(NCC(=O)N(C)C2CCCCC2)c1)c1ccccc1. The summed E-state index contributed by atoms with van der Waals surface area (Å²) in [6.45, 7) is 2.20. The monoisotopic (exact) mass is 393 g/mol. The van der Waals surface area contributed by atoms with Crippen LogP contribution in [-0.2, 0) is 4.79 Å². The number of rotatable bonds is 7. The Morgan fingerprint density at radius 1 is 1.03 bits per heavy atom. The Bertz CT molecular complexity index is 816. The van der Waals surface area contributed by atoms with Crippen LogP contribution in [0, 0.1) is 0 Å². The maximum atomic E-state index is 12.6. The van der Waals surface area contributed by atoms with Crippen molar-refractivity contribution in [3.8, 4) is 0 Å². The minimum absolute atomic E-state index is 0.0777. The van der Waals surface area contributed by atoms with Gasteiger partial charge in [-0.15, -0.1) is 0 Å². The molecule has 0 bridgehead atoms. The number of carbonyl (C=O) groups excluding carboxylic acids is 2. The van der Waals surface area contributed by atoms with Crippen molar-refractivity contribution in [2.24, 2.45) is 0 Å². The fourth-order valence-corrected chi connectivity index (χ4v) is 3.85. The molecule has 2 amide bonds. The molecule has 5 nitrogen and oxygen atoms in total. The number of amides is 2. The van der Waals surface area contributed by atoms with E-state index in [1.807, 2.05) is 61.3 Å². The summed E-state index contributed by atoms with van der Waals surface area (Å²) in [4.78, 5) is 27.0. The summed E-state index contributed by atoms with van der Waals surface area (Å²) >= 11 is 0. The molecule has 1 fully saturated rings. The number of nitrogens with zero attached hydrogens (tertiary/aromatic N) is 1. The van der Waals surface area contributed by atoms with Gasteiger partial charge in [-0.05, 0) is 43.5 Å². The van der Waals surface area contributed by atoms with Gasteiger partial charge in [0.2, 0.25) is 5.91 Å². The summed E-state index contributed by atoms with van der Waals surface area (Å²) in [7, 11) is 1.90. The van der Waals surface area contributed by atoms with Gasteiger partial charge in [-0.3, -0.25) is 9.59 Å². The zero-order valence-corrected chi connectivity index (χ0v) is 17.4. The quantitative estimate of drug-likeness (QED) is 0.734. The highest BCUT2D eigenvalue weighted by Gasteiger charge is 2.21. The van der Waals surface area contributed by atoms with Crippen LogP contribution < -0.4 is 10.6 Å². The van der Waals surface area contributed by atoms with E-state index in [-0.39, 0.29) is 24.4 Å². The molecule has 0 aromatic heterocycles. The Labute approximate surface area is 173 Å². The van der Waals surface area contributed by atoms with Gasteiger partial charge in [-0.2, -0.15) is 0 Å². The number of benzene rings is 2. The number of carbonyl (C=O) groups is 2. The smallest absolute Gasteiger partial charge is 0.251 e. The van der Waals surface area contributed by atoms with Crippen LogP contribution in [0.2, 0.25) is 0 Å². The molecule has 0 aliphatic heterocycles. The zero-order chi connectivity index (χ0) is 20.6. The van der Waals surface area contributed by atoms with E-state index in [0.717, 1.165) is 24.1 Å². The predicted molar refractivity (Wildman–Crippen MR) is 117 cm³/mol. The first-order chi connectivity index (χ1) is 14.0. The van der Waals surface area contributed by atoms with Crippen molar-refractivity contribution >= 4 is 17.5 Å². The van der Waals surface area contributed by atoms with Gasteiger partial charge in [0.25, 0.3) is 5.91 Å². The van der Waals surface area contributed by atoms with Gasteiger partial charge in [-0.1, -0.05) is 55.7 Å². The first-order valence-corrected chi connectivity index (χ1v) is 10.5. The molecule has 1 aliphatic rings. The second kappa shape index (κ2) is 10.1. The van der Waals surface area contributed by atoms with Crippen molar-refractivity contribution in [1.82, 2.24) is 10.2 Å². The molecule has 1 saturated carbocycles. The van der Waals surface area contributed by atoms with Crippen LogP contribution in [0.1, 0.15) is 61.0 Å². The third-order valence-corrected chi connectivity index (χ3v) is 5.73. The molecule has 3 rings (SSSR count). The van der Waals surface area contributed by atoms with Crippen LogP contribution in [0.5, 0.6) is 0 Å². The Kier molecular flexibility index (Phi) is 7.28. The fourth-order valence-electron chi connectivity index (χ4n) is 3.85. The lowest BCUT2D eigenvalue weighted by molar-refractivity contribution is -0.130. The first-order valence-electron chi connectivity index (χ1n) is 10.5. The molecule has 5 heteroatoms. The van der Waals surface area contributed by atoms with Gasteiger partial charge >= 0.3 is 0 Å². The van der Waals surface area contributed by atoms with E-state index in [1.165, 1.54) is 19.3 Å². The molecule has 1 atom stereocenters. The van der Waals surface area contributed by atoms with Crippen LogP contribution in [0.3, 0.4) is 0 Å². The average Bonchev–Trinajstić information content (AvgIpc) is 2.78. The van der Waals surface area contributed by atoms with Crippen molar-refractivity contribution < 1.29 is 9.59 Å². The number of hydrogen-bond acceptors (Lipinski definition) is 3. The van der Waals surface area contributed by atoms with Gasteiger partial charge in [0.15, 0.2) is 0 Å². The third-order valence-electron chi connectivity index (χ3n) is 5.73. The highest BCUT2D eigenvalue weighted by atomic mass is 16.2. The van der Waals surface area contributed by atoms with Crippen molar-refractivity contribution in [2.75, 3.05) is 18.9 Å². The lowest BCUT2D eigenvalue weighted by Gasteiger charge is -2.31. The third kappa shape index (κ3) is 5.83. The second-order valence-corrected chi connectivity index (χ2v) is 7.84. The lowest BCUT2D eigenvalue weighted by atomic mass is 9.94. The topological polar surface area (TPSA) is 61.4 Å². The summed E-state index contributed by atoms with van der Waals surface area (Å²) < 4.78 is 0. The molecular weight excluding hydrogens is 362 g/mol. The fraction of sp³-hybridized carbons (Fsp3) is 0.417. The molecule has 0 radical (unpaired) electrons. The molecule has 2 N–H and O–H groups in total. The zero-order valence-electron chi connectivity index (χ0n) is 17.4. The predicted octanol–water partition coefficient (Wildman–Crippen LogP) is 4.38. The number of nitrogens with one attached hydrogen (secondary N) is 2. The van der Waals surface area contributed by atoms with Gasteiger partial charge < -0.3 is 15.5 Å². The second-order valence-electron chi connectivity index (χ2n) is 7.84. The molecule has 154 valence electrons. The molecule has 29 heavy (non-hydrogen) atoms. The average molecular weight is 394 g/mol. The van der Waals surface area contributed by atoms with E-state index >= 15 is 0 Å². The van der Waals surface area contributed by atoms with E-state index in [4.69, 9.17) is 0 Å². The molecule has 0 heterocycles. The van der Waals surface area contributed by atoms with Crippen LogP contribution in [0.15, 0.2) is 54.6 Å². The van der Waals surface area contributed by atoms with Crippen LogP contribution in [-0.4, -0.2) is 36.3 Å².